The van der Waals surface area contributed by atoms with E-state index >= 15 is 0 Å². The molecule has 0 aliphatic heterocycles. The van der Waals surface area contributed by atoms with Gasteiger partial charge in [0.2, 0.25) is 0 Å². The zero-order chi connectivity index (χ0) is 23.1. The highest BCUT2D eigenvalue weighted by Crippen LogP contribution is 2.43. The number of carboxylic acid groups (broad SMARTS) is 1. The van der Waals surface area contributed by atoms with Gasteiger partial charge < -0.3 is 20.1 Å². The highest BCUT2D eigenvalue weighted by molar-refractivity contribution is 5.73. The van der Waals surface area contributed by atoms with Gasteiger partial charge in [-0.2, -0.15) is 0 Å². The second-order valence-corrected chi connectivity index (χ2v) is 9.71. The number of ether oxygens (including phenoxy) is 1. The second kappa shape index (κ2) is 10.9. The van der Waals surface area contributed by atoms with Crippen LogP contribution < -0.4 is 0 Å². The Bertz CT molecular complexity index is 764. The molecule has 31 heavy (non-hydrogen) atoms. The molecule has 2 rings (SSSR count). The van der Waals surface area contributed by atoms with Crippen LogP contribution in [0.25, 0.3) is 0 Å². The van der Waals surface area contributed by atoms with Crippen molar-refractivity contribution in [3.63, 3.8) is 0 Å². The van der Waals surface area contributed by atoms with E-state index in [1.165, 1.54) is 0 Å². The first-order valence-corrected chi connectivity index (χ1v) is 11.5. The largest absolute Gasteiger partial charge is 0.504 e. The summed E-state index contributed by atoms with van der Waals surface area (Å²) in [5.41, 5.74) is 1.98. The Morgan fingerprint density at radius 3 is 2.35 bits per heavy atom. The van der Waals surface area contributed by atoms with E-state index < -0.39 is 11.4 Å². The first kappa shape index (κ1) is 25.0. The van der Waals surface area contributed by atoms with Crippen molar-refractivity contribution >= 4 is 12.4 Å². The van der Waals surface area contributed by atoms with Crippen molar-refractivity contribution in [2.75, 3.05) is 0 Å². The summed E-state index contributed by atoms with van der Waals surface area (Å²) < 4.78 is 5.18. The average molecular weight is 435 g/mol. The smallest absolute Gasteiger partial charge is 0.309 e. The molecule has 6 heteroatoms. The van der Waals surface area contributed by atoms with E-state index in [0.717, 1.165) is 80.9 Å². The number of hydrogen-bond acceptors (Lipinski definition) is 5. The minimum Gasteiger partial charge on any atom is -0.504 e. The molecule has 0 unspecified atom stereocenters. The third kappa shape index (κ3) is 7.15. The van der Waals surface area contributed by atoms with Crippen molar-refractivity contribution in [3.05, 3.63) is 22.8 Å². The maximum atomic E-state index is 11.2. The summed E-state index contributed by atoms with van der Waals surface area (Å²) in [5.74, 6) is -0.880. The lowest BCUT2D eigenvalue weighted by Gasteiger charge is -2.19. The lowest BCUT2D eigenvalue weighted by Crippen LogP contribution is -2.23. The Hall–Kier alpha value is -2.24. The SMILES string of the molecule is Cc1c(CCCCCC2(OC=O)CC2)cc(O)c(O)c1CCCCCC(C)(C)C(=O)O. The van der Waals surface area contributed by atoms with Crippen LogP contribution in [-0.2, 0) is 27.2 Å². The lowest BCUT2D eigenvalue weighted by molar-refractivity contribution is -0.147. The summed E-state index contributed by atoms with van der Waals surface area (Å²) in [6.45, 7) is 6.04. The zero-order valence-electron chi connectivity index (χ0n) is 19.2. The van der Waals surface area contributed by atoms with Crippen LogP contribution in [0, 0.1) is 12.3 Å². The van der Waals surface area contributed by atoms with E-state index in [0.29, 0.717) is 19.3 Å². The number of hydrogen-bond donors (Lipinski definition) is 3. The molecule has 0 spiro atoms. The number of benzene rings is 1. The van der Waals surface area contributed by atoms with E-state index in [4.69, 9.17) is 4.74 Å². The number of carbonyl (C=O) groups is 2. The first-order chi connectivity index (χ1) is 14.6. The van der Waals surface area contributed by atoms with Crippen LogP contribution in [0.15, 0.2) is 6.07 Å². The van der Waals surface area contributed by atoms with Crippen LogP contribution in [0.2, 0.25) is 0 Å². The van der Waals surface area contributed by atoms with E-state index in [1.54, 1.807) is 19.9 Å². The Balaban J connectivity index is 1.82. The molecule has 1 aromatic rings. The molecule has 0 heterocycles. The van der Waals surface area contributed by atoms with E-state index in [-0.39, 0.29) is 17.1 Å². The maximum Gasteiger partial charge on any atom is 0.309 e. The molecule has 0 amide bonds. The molecule has 0 atom stereocenters. The van der Waals surface area contributed by atoms with Gasteiger partial charge in [0.15, 0.2) is 11.5 Å². The van der Waals surface area contributed by atoms with E-state index in [9.17, 15) is 24.9 Å². The summed E-state index contributed by atoms with van der Waals surface area (Å²) in [6, 6.07) is 1.67. The molecular formula is C25H38O6. The maximum absolute atomic E-state index is 11.2. The number of carboxylic acids is 1. The molecule has 1 fully saturated rings. The Morgan fingerprint density at radius 2 is 1.74 bits per heavy atom. The monoisotopic (exact) mass is 434 g/mol. The summed E-state index contributed by atoms with van der Waals surface area (Å²) >= 11 is 0. The van der Waals surface area contributed by atoms with Gasteiger partial charge in [0.05, 0.1) is 5.41 Å². The van der Waals surface area contributed by atoms with Gasteiger partial charge in [0.25, 0.3) is 6.47 Å². The number of unbranched alkanes of at least 4 members (excludes halogenated alkanes) is 4. The van der Waals surface area contributed by atoms with Gasteiger partial charge in [-0.3, -0.25) is 9.59 Å². The van der Waals surface area contributed by atoms with Gasteiger partial charge in [-0.15, -0.1) is 0 Å². The molecule has 0 bridgehead atoms. The van der Waals surface area contributed by atoms with E-state index in [1.807, 2.05) is 6.92 Å². The summed E-state index contributed by atoms with van der Waals surface area (Å²) in [5, 5.41) is 29.7. The minimum atomic E-state index is -0.776. The van der Waals surface area contributed by atoms with Gasteiger partial charge in [0.1, 0.15) is 5.60 Å². The molecule has 6 nitrogen and oxygen atoms in total. The number of phenols is 2. The van der Waals surface area contributed by atoms with Crippen LogP contribution in [0.1, 0.15) is 94.7 Å². The Kier molecular flexibility index (Phi) is 8.78. The fourth-order valence-corrected chi connectivity index (χ4v) is 4.19. The minimum absolute atomic E-state index is 0.0335. The molecule has 1 aliphatic carbocycles. The summed E-state index contributed by atoms with van der Waals surface area (Å²) in [4.78, 5) is 21.8. The van der Waals surface area contributed by atoms with Crippen LogP contribution >= 0.6 is 0 Å². The fourth-order valence-electron chi connectivity index (χ4n) is 4.19. The summed E-state index contributed by atoms with van der Waals surface area (Å²) in [7, 11) is 0. The van der Waals surface area contributed by atoms with Crippen LogP contribution in [0.3, 0.4) is 0 Å². The second-order valence-electron chi connectivity index (χ2n) is 9.71. The quantitative estimate of drug-likeness (QED) is 0.193. The van der Waals surface area contributed by atoms with Crippen LogP contribution in [-0.4, -0.2) is 33.4 Å². The van der Waals surface area contributed by atoms with Crippen molar-refractivity contribution in [2.45, 2.75) is 103 Å². The van der Waals surface area contributed by atoms with Gasteiger partial charge in [0, 0.05) is 5.56 Å². The lowest BCUT2D eigenvalue weighted by atomic mass is 9.86. The van der Waals surface area contributed by atoms with Crippen molar-refractivity contribution in [3.8, 4) is 11.5 Å². The molecule has 174 valence electrons. The number of carbonyl (C=O) groups excluding carboxylic acids is 1. The Morgan fingerprint density at radius 1 is 1.10 bits per heavy atom. The molecule has 0 radical (unpaired) electrons. The van der Waals surface area contributed by atoms with Gasteiger partial charge in [-0.1, -0.05) is 19.3 Å². The number of aromatic hydroxyl groups is 2. The van der Waals surface area contributed by atoms with Crippen molar-refractivity contribution in [1.82, 2.24) is 0 Å². The molecule has 0 aromatic heterocycles. The number of aliphatic carboxylic acids is 1. The van der Waals surface area contributed by atoms with Gasteiger partial charge >= 0.3 is 5.97 Å². The highest BCUT2D eigenvalue weighted by atomic mass is 16.5. The summed E-state index contributed by atoms with van der Waals surface area (Å²) in [6.07, 6.45) is 10.5. The third-order valence-electron chi connectivity index (χ3n) is 6.77. The number of phenolic OH excluding ortho intramolecular Hbond substituents is 2. The normalized spacial score (nSPS) is 14.9. The highest BCUT2D eigenvalue weighted by Gasteiger charge is 2.44. The van der Waals surface area contributed by atoms with Crippen molar-refractivity contribution in [2.24, 2.45) is 5.41 Å². The molecule has 1 aromatic carbocycles. The third-order valence-corrected chi connectivity index (χ3v) is 6.77. The fraction of sp³-hybridized carbons (Fsp3) is 0.680. The Labute approximate surface area is 185 Å². The van der Waals surface area contributed by atoms with E-state index in [2.05, 4.69) is 0 Å². The molecular weight excluding hydrogens is 396 g/mol. The molecule has 1 aliphatic rings. The predicted octanol–water partition coefficient (Wildman–Crippen LogP) is 5.43. The number of aryl methyl sites for hydroxylation is 1. The standard InChI is InChI=1S/C25H38O6/c1-18-19(10-6-4-9-13-25(14-15-25)31-17-26)16-21(27)22(28)20(18)11-7-5-8-12-24(2,3)23(29)30/h16-17,27-28H,4-15H2,1-3H3,(H,29,30). The average Bonchev–Trinajstić information content (AvgIpc) is 3.47. The van der Waals surface area contributed by atoms with Crippen LogP contribution in [0.4, 0.5) is 0 Å². The van der Waals surface area contributed by atoms with Gasteiger partial charge in [-0.25, -0.2) is 0 Å². The van der Waals surface area contributed by atoms with Crippen molar-refractivity contribution in [1.29, 1.82) is 0 Å². The zero-order valence-corrected chi connectivity index (χ0v) is 19.2. The number of rotatable bonds is 15. The van der Waals surface area contributed by atoms with Crippen LogP contribution in [0.5, 0.6) is 11.5 Å². The van der Waals surface area contributed by atoms with Crippen molar-refractivity contribution < 1.29 is 29.6 Å². The predicted molar refractivity (Wildman–Crippen MR) is 119 cm³/mol. The molecule has 3 N–H and O–H groups in total. The molecule has 1 saturated carbocycles. The topological polar surface area (TPSA) is 104 Å². The van der Waals surface area contributed by atoms with Gasteiger partial charge in [-0.05, 0) is 95.8 Å². The molecule has 0 saturated heterocycles. The first-order valence-electron chi connectivity index (χ1n) is 11.5.